The van der Waals surface area contributed by atoms with Gasteiger partial charge in [-0.1, -0.05) is 26.0 Å². The van der Waals surface area contributed by atoms with Crippen LogP contribution in [0.15, 0.2) is 24.3 Å². The van der Waals surface area contributed by atoms with Crippen LogP contribution in [0, 0.1) is 0 Å². The fraction of sp³-hybridized carbons (Fsp3) is 0.647. The van der Waals surface area contributed by atoms with E-state index in [-0.39, 0.29) is 0 Å². The third-order valence-corrected chi connectivity index (χ3v) is 3.91. The first-order valence-corrected chi connectivity index (χ1v) is 7.99. The minimum atomic E-state index is 0.518. The highest BCUT2D eigenvalue weighted by molar-refractivity contribution is 5.27. The van der Waals surface area contributed by atoms with Crippen LogP contribution in [0.25, 0.3) is 0 Å². The van der Waals surface area contributed by atoms with Gasteiger partial charge in [0.1, 0.15) is 12.4 Å². The lowest BCUT2D eigenvalue weighted by Crippen LogP contribution is -2.45. The first-order chi connectivity index (χ1) is 10.1. The van der Waals surface area contributed by atoms with E-state index in [2.05, 4.69) is 60.3 Å². The quantitative estimate of drug-likeness (QED) is 0.829. The summed E-state index contributed by atoms with van der Waals surface area (Å²) in [5.74, 6) is 0.970. The lowest BCUT2D eigenvalue weighted by molar-refractivity contribution is 0.133. The van der Waals surface area contributed by atoms with Crippen molar-refractivity contribution in [1.29, 1.82) is 0 Å². The number of nitrogens with zero attached hydrogens (tertiary/aromatic N) is 2. The Morgan fingerprint density at radius 2 is 1.76 bits per heavy atom. The Morgan fingerprint density at radius 3 is 2.38 bits per heavy atom. The Hall–Kier alpha value is -1.10. The molecular formula is C17H29N3O. The Balaban J connectivity index is 1.66. The van der Waals surface area contributed by atoms with Crippen molar-refractivity contribution in [3.63, 3.8) is 0 Å². The van der Waals surface area contributed by atoms with Gasteiger partial charge in [-0.05, 0) is 24.7 Å². The zero-order chi connectivity index (χ0) is 15.1. The van der Waals surface area contributed by atoms with Crippen molar-refractivity contribution < 1.29 is 4.74 Å². The zero-order valence-electron chi connectivity index (χ0n) is 13.6. The standard InChI is InChI=1S/C17H29N3O/c1-15(2)18-14-16-4-6-17(7-5-16)21-13-12-20-10-8-19(3)9-11-20/h4-7,15,18H,8-14H2,1-3H3. The molecule has 4 heteroatoms. The second kappa shape index (κ2) is 8.37. The van der Waals surface area contributed by atoms with Crippen molar-refractivity contribution in [1.82, 2.24) is 15.1 Å². The third kappa shape index (κ3) is 6.04. The molecule has 0 aliphatic carbocycles. The van der Waals surface area contributed by atoms with Gasteiger partial charge in [-0.25, -0.2) is 0 Å². The summed E-state index contributed by atoms with van der Waals surface area (Å²) in [4.78, 5) is 4.85. The van der Waals surface area contributed by atoms with E-state index in [4.69, 9.17) is 4.74 Å². The minimum Gasteiger partial charge on any atom is -0.492 e. The highest BCUT2D eigenvalue weighted by atomic mass is 16.5. The summed E-state index contributed by atoms with van der Waals surface area (Å²) in [6.45, 7) is 11.7. The van der Waals surface area contributed by atoms with Gasteiger partial charge in [-0.3, -0.25) is 4.90 Å². The molecule has 0 aromatic heterocycles. The molecule has 0 saturated carbocycles. The molecule has 1 N–H and O–H groups in total. The second-order valence-electron chi connectivity index (χ2n) is 6.17. The van der Waals surface area contributed by atoms with Gasteiger partial charge in [0.25, 0.3) is 0 Å². The lowest BCUT2D eigenvalue weighted by Gasteiger charge is -2.32. The Morgan fingerprint density at radius 1 is 1.10 bits per heavy atom. The van der Waals surface area contributed by atoms with E-state index in [0.717, 1.165) is 51.6 Å². The fourth-order valence-electron chi connectivity index (χ4n) is 2.39. The van der Waals surface area contributed by atoms with E-state index in [0.29, 0.717) is 6.04 Å². The monoisotopic (exact) mass is 291 g/mol. The maximum atomic E-state index is 5.84. The van der Waals surface area contributed by atoms with Crippen molar-refractivity contribution in [2.75, 3.05) is 46.4 Å². The molecule has 1 heterocycles. The maximum Gasteiger partial charge on any atom is 0.119 e. The van der Waals surface area contributed by atoms with E-state index in [9.17, 15) is 0 Å². The molecule has 0 radical (unpaired) electrons. The van der Waals surface area contributed by atoms with Gasteiger partial charge in [-0.2, -0.15) is 0 Å². The van der Waals surface area contributed by atoms with Gasteiger partial charge in [0.2, 0.25) is 0 Å². The van der Waals surface area contributed by atoms with Crippen LogP contribution in [0.2, 0.25) is 0 Å². The molecule has 1 saturated heterocycles. The van der Waals surface area contributed by atoms with E-state index in [1.165, 1.54) is 5.56 Å². The third-order valence-electron chi connectivity index (χ3n) is 3.91. The van der Waals surface area contributed by atoms with Gasteiger partial charge in [0.05, 0.1) is 0 Å². The first-order valence-electron chi connectivity index (χ1n) is 7.99. The molecule has 0 amide bonds. The van der Waals surface area contributed by atoms with E-state index in [1.807, 2.05) is 0 Å². The Kier molecular flexibility index (Phi) is 6.49. The normalized spacial score (nSPS) is 17.3. The first kappa shape index (κ1) is 16.3. The van der Waals surface area contributed by atoms with E-state index < -0.39 is 0 Å². The molecule has 0 spiro atoms. The maximum absolute atomic E-state index is 5.84. The zero-order valence-corrected chi connectivity index (χ0v) is 13.6. The molecule has 1 aliphatic heterocycles. The van der Waals surface area contributed by atoms with Crippen LogP contribution in [-0.2, 0) is 6.54 Å². The molecule has 1 aliphatic rings. The highest BCUT2D eigenvalue weighted by Gasteiger charge is 2.13. The number of ether oxygens (including phenoxy) is 1. The second-order valence-corrected chi connectivity index (χ2v) is 6.17. The number of likely N-dealkylation sites (N-methyl/N-ethyl adjacent to an activating group) is 1. The molecule has 118 valence electrons. The summed E-state index contributed by atoms with van der Waals surface area (Å²) in [5.41, 5.74) is 1.30. The van der Waals surface area contributed by atoms with Crippen LogP contribution in [-0.4, -0.2) is 62.2 Å². The molecule has 1 fully saturated rings. The topological polar surface area (TPSA) is 27.7 Å². The molecule has 0 bridgehead atoms. The summed E-state index contributed by atoms with van der Waals surface area (Å²) in [7, 11) is 2.18. The van der Waals surface area contributed by atoms with Crippen molar-refractivity contribution in [2.45, 2.75) is 26.4 Å². The van der Waals surface area contributed by atoms with Crippen molar-refractivity contribution >= 4 is 0 Å². The molecule has 0 unspecified atom stereocenters. The molecule has 1 aromatic carbocycles. The fourth-order valence-corrected chi connectivity index (χ4v) is 2.39. The number of nitrogens with one attached hydrogen (secondary N) is 1. The summed E-state index contributed by atoms with van der Waals surface area (Å²) >= 11 is 0. The lowest BCUT2D eigenvalue weighted by atomic mass is 10.2. The van der Waals surface area contributed by atoms with Gasteiger partial charge >= 0.3 is 0 Å². The largest absolute Gasteiger partial charge is 0.492 e. The van der Waals surface area contributed by atoms with Crippen LogP contribution in [0.1, 0.15) is 19.4 Å². The Labute approximate surface area is 129 Å². The van der Waals surface area contributed by atoms with Crippen LogP contribution in [0.3, 0.4) is 0 Å². The van der Waals surface area contributed by atoms with Crippen molar-refractivity contribution in [2.24, 2.45) is 0 Å². The molecular weight excluding hydrogens is 262 g/mol. The summed E-state index contributed by atoms with van der Waals surface area (Å²) in [5, 5.41) is 3.42. The molecule has 4 nitrogen and oxygen atoms in total. The number of hydrogen-bond donors (Lipinski definition) is 1. The van der Waals surface area contributed by atoms with Crippen LogP contribution in [0.5, 0.6) is 5.75 Å². The summed E-state index contributed by atoms with van der Waals surface area (Å²) < 4.78 is 5.84. The van der Waals surface area contributed by atoms with E-state index in [1.54, 1.807) is 0 Å². The summed E-state index contributed by atoms with van der Waals surface area (Å²) in [6.07, 6.45) is 0. The number of piperazine rings is 1. The van der Waals surface area contributed by atoms with Crippen LogP contribution >= 0.6 is 0 Å². The predicted molar refractivity (Wildman–Crippen MR) is 87.8 cm³/mol. The molecule has 21 heavy (non-hydrogen) atoms. The smallest absolute Gasteiger partial charge is 0.119 e. The molecule has 2 rings (SSSR count). The van der Waals surface area contributed by atoms with Crippen LogP contribution in [0.4, 0.5) is 0 Å². The SMILES string of the molecule is CC(C)NCc1ccc(OCCN2CCN(C)CC2)cc1. The van der Waals surface area contributed by atoms with Crippen molar-refractivity contribution in [3.05, 3.63) is 29.8 Å². The predicted octanol–water partition coefficient (Wildman–Crippen LogP) is 1.81. The number of hydrogen-bond acceptors (Lipinski definition) is 4. The van der Waals surface area contributed by atoms with Gasteiger partial charge in [0, 0.05) is 45.3 Å². The van der Waals surface area contributed by atoms with Gasteiger partial charge < -0.3 is 15.0 Å². The van der Waals surface area contributed by atoms with Crippen molar-refractivity contribution in [3.8, 4) is 5.75 Å². The van der Waals surface area contributed by atoms with Gasteiger partial charge in [-0.15, -0.1) is 0 Å². The highest BCUT2D eigenvalue weighted by Crippen LogP contribution is 2.12. The van der Waals surface area contributed by atoms with Gasteiger partial charge in [0.15, 0.2) is 0 Å². The summed E-state index contributed by atoms with van der Waals surface area (Å²) in [6, 6.07) is 8.94. The minimum absolute atomic E-state index is 0.518. The Bertz CT molecular complexity index is 397. The van der Waals surface area contributed by atoms with Crippen LogP contribution < -0.4 is 10.1 Å². The van der Waals surface area contributed by atoms with E-state index >= 15 is 0 Å². The molecule has 1 aromatic rings. The average Bonchev–Trinajstić information content (AvgIpc) is 2.48. The number of rotatable bonds is 7. The average molecular weight is 291 g/mol. The number of benzene rings is 1. The molecule has 0 atom stereocenters.